The topological polar surface area (TPSA) is 28.2 Å². The van der Waals surface area contributed by atoms with Crippen molar-refractivity contribution < 1.29 is 0 Å². The number of nitrogens with zero attached hydrogens (tertiary/aromatic N) is 2. The maximum Gasteiger partial charge on any atom is 0.131 e. The van der Waals surface area contributed by atoms with Crippen LogP contribution in [0.2, 0.25) is 5.15 Å². The molecular formula is C10H16ClN3. The van der Waals surface area contributed by atoms with Gasteiger partial charge in [-0.15, -0.1) is 0 Å². The second-order valence-electron chi connectivity index (χ2n) is 3.67. The van der Waals surface area contributed by atoms with E-state index < -0.39 is 0 Å². The van der Waals surface area contributed by atoms with E-state index in [0.29, 0.717) is 11.2 Å². The molecule has 0 unspecified atom stereocenters. The van der Waals surface area contributed by atoms with Gasteiger partial charge >= 0.3 is 0 Å². The Bertz CT molecular complexity index is 288. The lowest BCUT2D eigenvalue weighted by molar-refractivity contribution is 0.392. The molecule has 14 heavy (non-hydrogen) atoms. The molecule has 0 aliphatic rings. The molecule has 0 radical (unpaired) electrons. The van der Waals surface area contributed by atoms with E-state index in [-0.39, 0.29) is 0 Å². The molecule has 0 fully saturated rings. The molecule has 1 atom stereocenters. The van der Waals surface area contributed by atoms with Gasteiger partial charge in [-0.2, -0.15) is 0 Å². The number of hydrogen-bond acceptors (Lipinski definition) is 3. The molecule has 3 nitrogen and oxygen atoms in total. The zero-order valence-corrected chi connectivity index (χ0v) is 9.54. The van der Waals surface area contributed by atoms with Gasteiger partial charge in [-0.05, 0) is 33.2 Å². The average molecular weight is 214 g/mol. The Hall–Kier alpha value is -0.800. The predicted octanol–water partition coefficient (Wildman–Crippen LogP) is 2.10. The number of halogens is 1. The van der Waals surface area contributed by atoms with Crippen molar-refractivity contribution in [3.63, 3.8) is 0 Å². The predicted molar refractivity (Wildman–Crippen MR) is 60.9 cm³/mol. The maximum absolute atomic E-state index is 5.77. The third-order valence-electron chi connectivity index (χ3n) is 1.78. The van der Waals surface area contributed by atoms with Crippen molar-refractivity contribution in [3.05, 3.63) is 23.5 Å². The van der Waals surface area contributed by atoms with Crippen molar-refractivity contribution in [2.75, 3.05) is 26.0 Å². The summed E-state index contributed by atoms with van der Waals surface area (Å²) < 4.78 is 0. The summed E-state index contributed by atoms with van der Waals surface area (Å²) in [6.07, 6.45) is 1.70. The van der Waals surface area contributed by atoms with E-state index in [1.54, 1.807) is 6.20 Å². The van der Waals surface area contributed by atoms with E-state index in [0.717, 1.165) is 12.2 Å². The molecule has 0 aliphatic heterocycles. The van der Waals surface area contributed by atoms with Gasteiger partial charge in [-0.3, -0.25) is 0 Å². The highest BCUT2D eigenvalue weighted by Gasteiger charge is 2.03. The summed E-state index contributed by atoms with van der Waals surface area (Å²) in [7, 11) is 4.11. The molecule has 0 spiro atoms. The monoisotopic (exact) mass is 213 g/mol. The van der Waals surface area contributed by atoms with Crippen LogP contribution in [-0.4, -0.2) is 36.6 Å². The third kappa shape index (κ3) is 3.94. The number of likely N-dealkylation sites (N-methyl/N-ethyl adjacent to an activating group) is 1. The molecule has 4 heteroatoms. The summed E-state index contributed by atoms with van der Waals surface area (Å²) in [5.41, 5.74) is 1.01. The number of hydrogen-bond donors (Lipinski definition) is 1. The fraction of sp³-hybridized carbons (Fsp3) is 0.500. The first-order valence-corrected chi connectivity index (χ1v) is 4.98. The first-order valence-electron chi connectivity index (χ1n) is 4.61. The van der Waals surface area contributed by atoms with Gasteiger partial charge in [0.1, 0.15) is 5.15 Å². The minimum Gasteiger partial charge on any atom is -0.381 e. The van der Waals surface area contributed by atoms with Crippen molar-refractivity contribution in [2.24, 2.45) is 0 Å². The Morgan fingerprint density at radius 3 is 2.86 bits per heavy atom. The van der Waals surface area contributed by atoms with Crippen molar-refractivity contribution >= 4 is 17.3 Å². The smallest absolute Gasteiger partial charge is 0.131 e. The lowest BCUT2D eigenvalue weighted by Crippen LogP contribution is -2.29. The first-order chi connectivity index (χ1) is 6.58. The molecular weight excluding hydrogens is 198 g/mol. The van der Waals surface area contributed by atoms with Crippen LogP contribution in [0.15, 0.2) is 18.3 Å². The zero-order valence-electron chi connectivity index (χ0n) is 8.79. The normalized spacial score (nSPS) is 12.9. The van der Waals surface area contributed by atoms with Crippen LogP contribution in [0.25, 0.3) is 0 Å². The van der Waals surface area contributed by atoms with Gasteiger partial charge in [0.05, 0.1) is 0 Å². The lowest BCUT2D eigenvalue weighted by Gasteiger charge is -2.19. The quantitative estimate of drug-likeness (QED) is 0.777. The summed E-state index contributed by atoms with van der Waals surface area (Å²) in [4.78, 5) is 6.06. The van der Waals surface area contributed by atoms with Gasteiger partial charge in [0.25, 0.3) is 0 Å². The maximum atomic E-state index is 5.77. The van der Waals surface area contributed by atoms with Crippen LogP contribution in [-0.2, 0) is 0 Å². The largest absolute Gasteiger partial charge is 0.381 e. The van der Waals surface area contributed by atoms with Gasteiger partial charge in [-0.25, -0.2) is 4.98 Å². The number of rotatable bonds is 4. The summed E-state index contributed by atoms with van der Waals surface area (Å²) in [5, 5.41) is 3.87. The van der Waals surface area contributed by atoms with Gasteiger partial charge in [-0.1, -0.05) is 11.6 Å². The van der Waals surface area contributed by atoms with Crippen LogP contribution < -0.4 is 5.32 Å². The molecule has 0 aromatic carbocycles. The Labute approximate surface area is 90.1 Å². The molecule has 0 amide bonds. The van der Waals surface area contributed by atoms with E-state index in [9.17, 15) is 0 Å². The molecule has 1 heterocycles. The van der Waals surface area contributed by atoms with E-state index in [4.69, 9.17) is 11.6 Å². The van der Waals surface area contributed by atoms with Gasteiger partial charge in [0, 0.05) is 24.5 Å². The van der Waals surface area contributed by atoms with E-state index in [2.05, 4.69) is 36.2 Å². The summed E-state index contributed by atoms with van der Waals surface area (Å²) >= 11 is 5.77. The average Bonchev–Trinajstić information content (AvgIpc) is 2.01. The SMILES string of the molecule is C[C@@H](CN(C)C)Nc1ccnc(Cl)c1. The lowest BCUT2D eigenvalue weighted by atomic mass is 10.3. The van der Waals surface area contributed by atoms with Gasteiger partial charge in [0.2, 0.25) is 0 Å². The van der Waals surface area contributed by atoms with Crippen LogP contribution in [0.1, 0.15) is 6.92 Å². The van der Waals surface area contributed by atoms with Crippen molar-refractivity contribution in [1.82, 2.24) is 9.88 Å². The summed E-state index contributed by atoms with van der Waals surface area (Å²) in [6, 6.07) is 4.13. The fourth-order valence-electron chi connectivity index (χ4n) is 1.37. The van der Waals surface area contributed by atoms with E-state index >= 15 is 0 Å². The molecule has 0 saturated heterocycles. The molecule has 0 saturated carbocycles. The standard InChI is InChI=1S/C10H16ClN3/c1-8(7-14(2)3)13-9-4-5-12-10(11)6-9/h4-6,8H,7H2,1-3H3,(H,12,13)/t8-/m0/s1. The minimum absolute atomic E-state index is 0.392. The van der Waals surface area contributed by atoms with Gasteiger partial charge < -0.3 is 10.2 Å². The third-order valence-corrected chi connectivity index (χ3v) is 1.99. The molecule has 78 valence electrons. The first kappa shape index (κ1) is 11.3. The zero-order chi connectivity index (χ0) is 10.6. The minimum atomic E-state index is 0.392. The Kier molecular flexibility index (Phi) is 4.17. The highest BCUT2D eigenvalue weighted by molar-refractivity contribution is 6.29. The molecule has 1 N–H and O–H groups in total. The number of nitrogens with one attached hydrogen (secondary N) is 1. The van der Waals surface area contributed by atoms with Crippen LogP contribution in [0.3, 0.4) is 0 Å². The number of aromatic nitrogens is 1. The van der Waals surface area contributed by atoms with E-state index in [1.807, 2.05) is 12.1 Å². The molecule has 0 bridgehead atoms. The molecule has 1 aromatic heterocycles. The van der Waals surface area contributed by atoms with Crippen molar-refractivity contribution in [3.8, 4) is 0 Å². The van der Waals surface area contributed by atoms with Crippen LogP contribution in [0.5, 0.6) is 0 Å². The summed E-state index contributed by atoms with van der Waals surface area (Å²) in [6.45, 7) is 3.12. The summed E-state index contributed by atoms with van der Waals surface area (Å²) in [5.74, 6) is 0. The van der Waals surface area contributed by atoms with Crippen molar-refractivity contribution in [1.29, 1.82) is 0 Å². The van der Waals surface area contributed by atoms with Crippen LogP contribution >= 0.6 is 11.6 Å². The Morgan fingerprint density at radius 2 is 2.29 bits per heavy atom. The van der Waals surface area contributed by atoms with Crippen molar-refractivity contribution in [2.45, 2.75) is 13.0 Å². The van der Waals surface area contributed by atoms with Crippen LogP contribution in [0.4, 0.5) is 5.69 Å². The second kappa shape index (κ2) is 5.17. The Balaban J connectivity index is 2.51. The van der Waals surface area contributed by atoms with E-state index in [1.165, 1.54) is 0 Å². The van der Waals surface area contributed by atoms with Gasteiger partial charge in [0.15, 0.2) is 0 Å². The highest BCUT2D eigenvalue weighted by atomic mass is 35.5. The number of anilines is 1. The Morgan fingerprint density at radius 1 is 1.57 bits per heavy atom. The molecule has 1 rings (SSSR count). The molecule has 0 aliphatic carbocycles. The highest BCUT2D eigenvalue weighted by Crippen LogP contribution is 2.12. The molecule has 1 aromatic rings. The fourth-order valence-corrected chi connectivity index (χ4v) is 1.54. The van der Waals surface area contributed by atoms with Crippen LogP contribution in [0, 0.1) is 0 Å². The number of pyridine rings is 1. The second-order valence-corrected chi connectivity index (χ2v) is 4.06.